The molecule has 2 N–H and O–H groups in total. The van der Waals surface area contributed by atoms with E-state index in [9.17, 15) is 18.7 Å². The SMILES string of the molecule is CC(C)c1ccc(C(O)CNC(=O)c2ccn(COc3ccc(F)cc3F)n2)cc1. The van der Waals surface area contributed by atoms with Crippen molar-refractivity contribution in [1.82, 2.24) is 15.1 Å². The minimum atomic E-state index is -0.845. The molecule has 2 aromatic carbocycles. The molecular formula is C22H23F2N3O3. The first-order valence-corrected chi connectivity index (χ1v) is 9.51. The van der Waals surface area contributed by atoms with Crippen molar-refractivity contribution in [3.05, 3.63) is 83.2 Å². The highest BCUT2D eigenvalue weighted by molar-refractivity contribution is 5.92. The minimum absolute atomic E-state index is 0.0318. The molecule has 0 radical (unpaired) electrons. The summed E-state index contributed by atoms with van der Waals surface area (Å²) in [5.41, 5.74) is 2.00. The zero-order valence-corrected chi connectivity index (χ0v) is 16.7. The van der Waals surface area contributed by atoms with E-state index in [1.807, 2.05) is 24.3 Å². The first-order valence-electron chi connectivity index (χ1n) is 9.51. The molecule has 8 heteroatoms. The van der Waals surface area contributed by atoms with Gasteiger partial charge in [-0.05, 0) is 35.2 Å². The number of rotatable bonds is 8. The molecule has 0 bridgehead atoms. The maximum absolute atomic E-state index is 13.6. The Morgan fingerprint density at radius 1 is 1.13 bits per heavy atom. The normalized spacial score (nSPS) is 12.1. The topological polar surface area (TPSA) is 76.4 Å². The van der Waals surface area contributed by atoms with Gasteiger partial charge >= 0.3 is 0 Å². The molecule has 3 rings (SSSR count). The van der Waals surface area contributed by atoms with Gasteiger partial charge in [-0.15, -0.1) is 0 Å². The van der Waals surface area contributed by atoms with E-state index in [1.165, 1.54) is 28.6 Å². The molecule has 0 aliphatic heterocycles. The summed E-state index contributed by atoms with van der Waals surface area (Å²) in [5.74, 6) is -1.70. The fourth-order valence-corrected chi connectivity index (χ4v) is 2.78. The third-order valence-electron chi connectivity index (χ3n) is 4.56. The standard InChI is InChI=1S/C22H23F2N3O3/c1-14(2)15-3-5-16(6-4-15)20(28)12-25-22(29)19-9-10-27(26-19)13-30-21-8-7-17(23)11-18(21)24/h3-11,14,20,28H,12-13H2,1-2H3,(H,25,29). The Bertz CT molecular complexity index is 1000. The van der Waals surface area contributed by atoms with Crippen LogP contribution in [0.5, 0.6) is 5.75 Å². The number of aliphatic hydroxyl groups is 1. The number of benzene rings is 2. The number of aromatic nitrogens is 2. The Morgan fingerprint density at radius 2 is 1.83 bits per heavy atom. The van der Waals surface area contributed by atoms with Crippen LogP contribution in [0.4, 0.5) is 8.78 Å². The molecule has 1 atom stereocenters. The summed E-state index contributed by atoms with van der Waals surface area (Å²) in [6.07, 6.45) is 0.652. The maximum atomic E-state index is 13.6. The zero-order valence-electron chi connectivity index (χ0n) is 16.7. The molecule has 158 valence electrons. The van der Waals surface area contributed by atoms with Crippen molar-refractivity contribution in [3.8, 4) is 5.75 Å². The Morgan fingerprint density at radius 3 is 2.50 bits per heavy atom. The summed E-state index contributed by atoms with van der Waals surface area (Å²) in [6, 6.07) is 12.0. The van der Waals surface area contributed by atoms with Crippen molar-refractivity contribution < 1.29 is 23.4 Å². The molecule has 0 aliphatic carbocycles. The Labute approximate surface area is 173 Å². The summed E-state index contributed by atoms with van der Waals surface area (Å²) in [4.78, 5) is 12.3. The number of nitrogens with one attached hydrogen (secondary N) is 1. The molecule has 3 aromatic rings. The second kappa shape index (κ2) is 9.49. The predicted octanol–water partition coefficient (Wildman–Crippen LogP) is 3.78. The lowest BCUT2D eigenvalue weighted by Gasteiger charge is -2.13. The molecule has 30 heavy (non-hydrogen) atoms. The van der Waals surface area contributed by atoms with E-state index < -0.39 is 23.6 Å². The van der Waals surface area contributed by atoms with Gasteiger partial charge in [0.25, 0.3) is 5.91 Å². The van der Waals surface area contributed by atoms with Crippen LogP contribution in [0.1, 0.15) is 47.5 Å². The van der Waals surface area contributed by atoms with Gasteiger partial charge < -0.3 is 15.2 Å². The number of carbonyl (C=O) groups is 1. The third-order valence-corrected chi connectivity index (χ3v) is 4.56. The summed E-state index contributed by atoms with van der Waals surface area (Å²) in [6.45, 7) is 4.06. The molecule has 1 amide bonds. The lowest BCUT2D eigenvalue weighted by Crippen LogP contribution is -2.29. The van der Waals surface area contributed by atoms with Crippen LogP contribution < -0.4 is 10.1 Å². The Hall–Kier alpha value is -3.26. The van der Waals surface area contributed by atoms with Gasteiger partial charge in [0.2, 0.25) is 0 Å². The monoisotopic (exact) mass is 415 g/mol. The van der Waals surface area contributed by atoms with E-state index >= 15 is 0 Å². The molecule has 1 heterocycles. The lowest BCUT2D eigenvalue weighted by molar-refractivity contribution is 0.0909. The van der Waals surface area contributed by atoms with Gasteiger partial charge in [0.05, 0.1) is 6.10 Å². The molecule has 0 aliphatic rings. The predicted molar refractivity (Wildman–Crippen MR) is 107 cm³/mol. The summed E-state index contributed by atoms with van der Waals surface area (Å²) >= 11 is 0. The quantitative estimate of drug-likeness (QED) is 0.587. The van der Waals surface area contributed by atoms with Crippen molar-refractivity contribution in [2.75, 3.05) is 6.54 Å². The van der Waals surface area contributed by atoms with Crippen molar-refractivity contribution in [2.24, 2.45) is 0 Å². The summed E-state index contributed by atoms with van der Waals surface area (Å²) < 4.78 is 33.0. The van der Waals surface area contributed by atoms with Crippen LogP contribution in [0.15, 0.2) is 54.7 Å². The number of halogens is 2. The number of aliphatic hydroxyl groups excluding tert-OH is 1. The maximum Gasteiger partial charge on any atom is 0.271 e. The van der Waals surface area contributed by atoms with Gasteiger partial charge in [-0.3, -0.25) is 4.79 Å². The third kappa shape index (κ3) is 5.42. The first-order chi connectivity index (χ1) is 14.3. The highest BCUT2D eigenvalue weighted by Gasteiger charge is 2.14. The zero-order chi connectivity index (χ0) is 21.7. The van der Waals surface area contributed by atoms with Crippen LogP contribution >= 0.6 is 0 Å². The van der Waals surface area contributed by atoms with Crippen LogP contribution in [-0.4, -0.2) is 27.3 Å². The van der Waals surface area contributed by atoms with E-state index in [0.29, 0.717) is 11.5 Å². The summed E-state index contributed by atoms with van der Waals surface area (Å²) in [5, 5.41) is 17.0. The highest BCUT2D eigenvalue weighted by Crippen LogP contribution is 2.19. The van der Waals surface area contributed by atoms with Crippen molar-refractivity contribution in [2.45, 2.75) is 32.6 Å². The van der Waals surface area contributed by atoms with Gasteiger partial charge in [-0.25, -0.2) is 13.5 Å². The highest BCUT2D eigenvalue weighted by atomic mass is 19.1. The second-order valence-electron chi connectivity index (χ2n) is 7.14. The second-order valence-corrected chi connectivity index (χ2v) is 7.14. The van der Waals surface area contributed by atoms with E-state index in [1.54, 1.807) is 0 Å². The van der Waals surface area contributed by atoms with Crippen LogP contribution in [0, 0.1) is 11.6 Å². The molecule has 0 spiro atoms. The number of ether oxygens (including phenoxy) is 1. The van der Waals surface area contributed by atoms with Crippen molar-refractivity contribution >= 4 is 5.91 Å². The fourth-order valence-electron chi connectivity index (χ4n) is 2.78. The molecular weight excluding hydrogens is 392 g/mol. The molecule has 1 aromatic heterocycles. The molecule has 0 saturated carbocycles. The fraction of sp³-hybridized carbons (Fsp3) is 0.273. The molecule has 6 nitrogen and oxygen atoms in total. The smallest absolute Gasteiger partial charge is 0.271 e. The lowest BCUT2D eigenvalue weighted by atomic mass is 10.00. The van der Waals surface area contributed by atoms with Gasteiger partial charge in [0.15, 0.2) is 18.3 Å². The van der Waals surface area contributed by atoms with Crippen LogP contribution in [-0.2, 0) is 6.73 Å². The molecule has 1 unspecified atom stereocenters. The largest absolute Gasteiger partial charge is 0.468 e. The van der Waals surface area contributed by atoms with Crippen LogP contribution in [0.3, 0.4) is 0 Å². The average molecular weight is 415 g/mol. The first kappa shape index (κ1) is 21.4. The number of amides is 1. The van der Waals surface area contributed by atoms with Crippen molar-refractivity contribution in [3.63, 3.8) is 0 Å². The van der Waals surface area contributed by atoms with Gasteiger partial charge in [0, 0.05) is 18.8 Å². The van der Waals surface area contributed by atoms with E-state index in [4.69, 9.17) is 4.74 Å². The van der Waals surface area contributed by atoms with E-state index in [2.05, 4.69) is 24.3 Å². The number of carbonyl (C=O) groups excluding carboxylic acids is 1. The molecule has 0 fully saturated rings. The Kier molecular flexibility index (Phi) is 6.79. The number of hydrogen-bond donors (Lipinski definition) is 2. The van der Waals surface area contributed by atoms with Crippen molar-refractivity contribution in [1.29, 1.82) is 0 Å². The van der Waals surface area contributed by atoms with Gasteiger partial charge in [-0.1, -0.05) is 38.1 Å². The number of hydrogen-bond acceptors (Lipinski definition) is 4. The molecule has 0 saturated heterocycles. The van der Waals surface area contributed by atoms with Gasteiger partial charge in [0.1, 0.15) is 11.5 Å². The minimum Gasteiger partial charge on any atom is -0.468 e. The van der Waals surface area contributed by atoms with Gasteiger partial charge in [-0.2, -0.15) is 5.10 Å². The average Bonchev–Trinajstić information content (AvgIpc) is 3.20. The van der Waals surface area contributed by atoms with E-state index in [-0.39, 0.29) is 24.7 Å². The van der Waals surface area contributed by atoms with Crippen LogP contribution in [0.25, 0.3) is 0 Å². The summed E-state index contributed by atoms with van der Waals surface area (Å²) in [7, 11) is 0. The van der Waals surface area contributed by atoms with E-state index in [0.717, 1.165) is 12.1 Å². The number of nitrogens with zero attached hydrogens (tertiary/aromatic N) is 2. The van der Waals surface area contributed by atoms with Crippen LogP contribution in [0.2, 0.25) is 0 Å². The Balaban J connectivity index is 1.51.